The molecule has 2 heterocycles. The Hall–Kier alpha value is -3.27. The van der Waals surface area contributed by atoms with Crippen LogP contribution in [0.2, 0.25) is 0 Å². The predicted octanol–water partition coefficient (Wildman–Crippen LogP) is 3.70. The maximum Gasteiger partial charge on any atom is 0.326 e. The first kappa shape index (κ1) is 21.9. The Morgan fingerprint density at radius 2 is 1.81 bits per heavy atom. The van der Waals surface area contributed by atoms with Crippen molar-refractivity contribution in [1.29, 1.82) is 0 Å². The number of urea groups is 1. The lowest BCUT2D eigenvalue weighted by Gasteiger charge is -2.31. The molecule has 0 atom stereocenters. The zero-order valence-electron chi connectivity index (χ0n) is 17.7. The fraction of sp³-hybridized carbons (Fsp3) is 0.261. The lowest BCUT2D eigenvalue weighted by molar-refractivity contribution is 0.0548. The Kier molecular flexibility index (Phi) is 6.79. The third-order valence-corrected chi connectivity index (χ3v) is 6.10. The summed E-state index contributed by atoms with van der Waals surface area (Å²) in [6, 6.07) is 14.7. The van der Waals surface area contributed by atoms with E-state index in [1.165, 1.54) is 16.9 Å². The molecule has 3 amide bonds. The van der Waals surface area contributed by atoms with Gasteiger partial charge < -0.3 is 9.64 Å². The van der Waals surface area contributed by atoms with Gasteiger partial charge in [-0.15, -0.1) is 11.3 Å². The number of benzene rings is 2. The van der Waals surface area contributed by atoms with Crippen LogP contribution in [0.3, 0.4) is 0 Å². The molecule has 1 fully saturated rings. The Morgan fingerprint density at radius 1 is 1.12 bits per heavy atom. The molecule has 4 rings (SSSR count). The van der Waals surface area contributed by atoms with E-state index in [4.69, 9.17) is 14.9 Å². The van der Waals surface area contributed by atoms with Crippen LogP contribution in [0.15, 0.2) is 53.9 Å². The first-order valence-corrected chi connectivity index (χ1v) is 11.1. The smallest absolute Gasteiger partial charge is 0.326 e. The van der Waals surface area contributed by atoms with E-state index in [0.717, 1.165) is 16.8 Å². The van der Waals surface area contributed by atoms with Crippen LogP contribution in [0.4, 0.5) is 9.93 Å². The van der Waals surface area contributed by atoms with Gasteiger partial charge in [-0.05, 0) is 24.6 Å². The summed E-state index contributed by atoms with van der Waals surface area (Å²) >= 11 is 1.42. The summed E-state index contributed by atoms with van der Waals surface area (Å²) in [5.74, 6) is -0.583. The summed E-state index contributed by atoms with van der Waals surface area (Å²) in [4.78, 5) is 33.1. The number of nitrogens with zero attached hydrogens (tertiary/aromatic N) is 3. The Morgan fingerprint density at radius 3 is 2.47 bits per heavy atom. The molecule has 0 saturated carbocycles. The van der Waals surface area contributed by atoms with Gasteiger partial charge in [-0.2, -0.15) is 0 Å². The van der Waals surface area contributed by atoms with Gasteiger partial charge in [0, 0.05) is 29.6 Å². The van der Waals surface area contributed by atoms with Crippen LogP contribution in [0.5, 0.6) is 0 Å². The van der Waals surface area contributed by atoms with Crippen molar-refractivity contribution in [3.63, 3.8) is 0 Å². The van der Waals surface area contributed by atoms with Crippen LogP contribution in [0, 0.1) is 6.92 Å². The quantitative estimate of drug-likeness (QED) is 0.455. The van der Waals surface area contributed by atoms with Crippen LogP contribution >= 0.6 is 11.3 Å². The maximum absolute atomic E-state index is 13.4. The first-order valence-electron chi connectivity index (χ1n) is 10.3. The van der Waals surface area contributed by atoms with Crippen LogP contribution in [-0.2, 0) is 11.3 Å². The Bertz CT molecular complexity index is 1080. The molecule has 9 heteroatoms. The van der Waals surface area contributed by atoms with Crippen molar-refractivity contribution in [2.75, 3.05) is 31.2 Å². The summed E-state index contributed by atoms with van der Waals surface area (Å²) in [6.07, 6.45) is 0. The highest BCUT2D eigenvalue weighted by Gasteiger charge is 2.26. The molecule has 0 spiro atoms. The normalized spacial score (nSPS) is 13.6. The van der Waals surface area contributed by atoms with E-state index in [1.54, 1.807) is 39.5 Å². The number of morpholine rings is 1. The second kappa shape index (κ2) is 9.90. The average Bonchev–Trinajstić information content (AvgIpc) is 3.33. The molecule has 1 aliphatic rings. The maximum atomic E-state index is 13.4. The molecule has 2 N–H and O–H groups in total. The van der Waals surface area contributed by atoms with Crippen molar-refractivity contribution in [2.45, 2.75) is 13.5 Å². The number of rotatable bonds is 5. The van der Waals surface area contributed by atoms with Crippen molar-refractivity contribution < 1.29 is 19.5 Å². The van der Waals surface area contributed by atoms with E-state index < -0.39 is 5.91 Å². The number of hydrogen-bond donors (Lipinski definition) is 2. The minimum atomic E-state index is -0.583. The van der Waals surface area contributed by atoms with E-state index >= 15 is 0 Å². The molecule has 0 aliphatic carbocycles. The largest absolute Gasteiger partial charge is 0.378 e. The van der Waals surface area contributed by atoms with E-state index in [0.29, 0.717) is 43.5 Å². The van der Waals surface area contributed by atoms with Gasteiger partial charge in [0.1, 0.15) is 0 Å². The van der Waals surface area contributed by atoms with E-state index in [2.05, 4.69) is 0 Å². The van der Waals surface area contributed by atoms with Gasteiger partial charge in [0.15, 0.2) is 5.13 Å². The van der Waals surface area contributed by atoms with Crippen molar-refractivity contribution >= 4 is 28.4 Å². The summed E-state index contributed by atoms with van der Waals surface area (Å²) in [5, 5.41) is 11.4. The number of amides is 3. The molecule has 0 radical (unpaired) electrons. The summed E-state index contributed by atoms with van der Waals surface area (Å²) in [7, 11) is 0. The molecule has 8 nitrogen and oxygen atoms in total. The number of aryl methyl sites for hydroxylation is 1. The van der Waals surface area contributed by atoms with Crippen molar-refractivity contribution in [3.05, 3.63) is 70.6 Å². The molecule has 1 aromatic heterocycles. The fourth-order valence-corrected chi connectivity index (χ4v) is 4.22. The number of thiazole rings is 1. The molecule has 2 aromatic carbocycles. The third kappa shape index (κ3) is 4.96. The average molecular weight is 453 g/mol. The second-order valence-electron chi connectivity index (χ2n) is 7.49. The van der Waals surface area contributed by atoms with Gasteiger partial charge >= 0.3 is 6.03 Å². The number of hydroxylamine groups is 1. The molecule has 166 valence electrons. The van der Waals surface area contributed by atoms with Crippen molar-refractivity contribution in [1.82, 2.24) is 15.4 Å². The lowest BCUT2D eigenvalue weighted by atomic mass is 10.1. The molecule has 1 saturated heterocycles. The molecule has 0 unspecified atom stereocenters. The minimum absolute atomic E-state index is 0.129. The molecule has 3 aromatic rings. The van der Waals surface area contributed by atoms with Crippen LogP contribution in [-0.4, -0.2) is 53.3 Å². The van der Waals surface area contributed by atoms with E-state index in [1.807, 2.05) is 36.6 Å². The van der Waals surface area contributed by atoms with Gasteiger partial charge in [0.2, 0.25) is 0 Å². The van der Waals surface area contributed by atoms with Gasteiger partial charge in [-0.3, -0.25) is 14.9 Å². The highest BCUT2D eigenvalue weighted by atomic mass is 32.1. The van der Waals surface area contributed by atoms with E-state index in [9.17, 15) is 9.59 Å². The summed E-state index contributed by atoms with van der Waals surface area (Å²) in [6.45, 7) is 4.42. The number of aromatic nitrogens is 1. The second-order valence-corrected chi connectivity index (χ2v) is 8.32. The SMILES string of the molecule is Cc1ccc(-c2csc(N(Cc3ccc(C(=O)NO)cc3)C(=O)N3CCOCC3)n2)cc1. The van der Waals surface area contributed by atoms with Gasteiger partial charge in [0.05, 0.1) is 25.5 Å². The zero-order valence-corrected chi connectivity index (χ0v) is 18.5. The van der Waals surface area contributed by atoms with Gasteiger partial charge in [0.25, 0.3) is 5.91 Å². The van der Waals surface area contributed by atoms with Gasteiger partial charge in [-0.1, -0.05) is 42.0 Å². The number of anilines is 1. The number of nitrogens with one attached hydrogen (secondary N) is 1. The molecule has 1 aliphatic heterocycles. The topological polar surface area (TPSA) is 95.0 Å². The first-order chi connectivity index (χ1) is 15.5. The highest BCUT2D eigenvalue weighted by Crippen LogP contribution is 2.29. The molecule has 0 bridgehead atoms. The third-order valence-electron chi connectivity index (χ3n) is 5.24. The monoisotopic (exact) mass is 452 g/mol. The highest BCUT2D eigenvalue weighted by molar-refractivity contribution is 7.14. The van der Waals surface area contributed by atoms with Crippen LogP contribution in [0.1, 0.15) is 21.5 Å². The number of ether oxygens (including phenoxy) is 1. The fourth-order valence-electron chi connectivity index (χ4n) is 3.40. The van der Waals surface area contributed by atoms with Crippen LogP contribution in [0.25, 0.3) is 11.3 Å². The summed E-state index contributed by atoms with van der Waals surface area (Å²) in [5.41, 5.74) is 5.78. The standard InChI is InChI=1S/C23H24N4O4S/c1-16-2-6-18(7-3-16)20-15-32-22(24-20)27(23(29)26-10-12-31-13-11-26)14-17-4-8-19(9-5-17)21(28)25-30/h2-9,15,30H,10-14H2,1H3,(H,25,28). The van der Waals surface area contributed by atoms with Gasteiger partial charge in [-0.25, -0.2) is 15.3 Å². The summed E-state index contributed by atoms with van der Waals surface area (Å²) < 4.78 is 5.39. The molecular weight excluding hydrogens is 428 g/mol. The zero-order chi connectivity index (χ0) is 22.5. The number of carbonyl (C=O) groups is 2. The Labute approximate surface area is 190 Å². The number of carbonyl (C=O) groups excluding carboxylic acids is 2. The Balaban J connectivity index is 1.61. The minimum Gasteiger partial charge on any atom is -0.378 e. The van der Waals surface area contributed by atoms with E-state index in [-0.39, 0.29) is 6.03 Å². The van der Waals surface area contributed by atoms with Crippen LogP contribution < -0.4 is 10.4 Å². The predicted molar refractivity (Wildman–Crippen MR) is 122 cm³/mol. The molecule has 32 heavy (non-hydrogen) atoms. The van der Waals surface area contributed by atoms with Crippen molar-refractivity contribution in [2.24, 2.45) is 0 Å². The number of hydrogen-bond acceptors (Lipinski definition) is 6. The van der Waals surface area contributed by atoms with Crippen molar-refractivity contribution in [3.8, 4) is 11.3 Å². The lowest BCUT2D eigenvalue weighted by Crippen LogP contribution is -2.48. The molecular formula is C23H24N4O4S.